The average Bonchev–Trinajstić information content (AvgIpc) is 3.34. The molecular weight excluding hydrogens is 482 g/mol. The number of carbonyl (C=O) groups is 2. The number of hydrogen-bond donors (Lipinski definition) is 1. The molecule has 0 unspecified atom stereocenters. The molecule has 36 heavy (non-hydrogen) atoms. The Morgan fingerprint density at radius 2 is 1.97 bits per heavy atom. The quantitative estimate of drug-likeness (QED) is 0.565. The van der Waals surface area contributed by atoms with Gasteiger partial charge in [-0.05, 0) is 43.4 Å². The summed E-state index contributed by atoms with van der Waals surface area (Å²) in [5.74, 6) is 0.493. The standard InChI is InChI=1S/C25H35N5O5S/c1-3-4-11-29-21-9-8-19(36(33,34)28-12-14-35-15-13-28)16-20(21)26-22(29)17-30-23(31)25(27-24(30)32)10-6-5-7-18(25)2/h8-9,16,18H,3-7,10-15,17H2,1-2H3,(H,27,32)/t18-,25-/m0/s1. The van der Waals surface area contributed by atoms with Gasteiger partial charge >= 0.3 is 6.03 Å². The molecule has 3 heterocycles. The van der Waals surface area contributed by atoms with Gasteiger partial charge in [-0.3, -0.25) is 9.69 Å². The fraction of sp³-hybridized carbons (Fsp3) is 0.640. The number of imidazole rings is 1. The third-order valence-corrected chi connectivity index (χ3v) is 9.84. The van der Waals surface area contributed by atoms with Crippen LogP contribution in [0.1, 0.15) is 58.2 Å². The number of nitrogens with one attached hydrogen (secondary N) is 1. The van der Waals surface area contributed by atoms with Crippen LogP contribution in [0.2, 0.25) is 0 Å². The summed E-state index contributed by atoms with van der Waals surface area (Å²) in [6.45, 7) is 6.26. The molecule has 10 nitrogen and oxygen atoms in total. The van der Waals surface area contributed by atoms with E-state index in [0.717, 1.165) is 37.6 Å². The van der Waals surface area contributed by atoms with Gasteiger partial charge in [-0.1, -0.05) is 33.1 Å². The first-order valence-corrected chi connectivity index (χ1v) is 14.4. The van der Waals surface area contributed by atoms with Gasteiger partial charge in [0.2, 0.25) is 10.0 Å². The van der Waals surface area contributed by atoms with Gasteiger partial charge < -0.3 is 14.6 Å². The van der Waals surface area contributed by atoms with Crippen LogP contribution in [0.25, 0.3) is 11.0 Å². The highest BCUT2D eigenvalue weighted by molar-refractivity contribution is 7.89. The number of rotatable bonds is 7. The van der Waals surface area contributed by atoms with E-state index in [1.807, 2.05) is 11.5 Å². The number of unbranched alkanes of at least 4 members (excludes halogenated alkanes) is 1. The zero-order chi connectivity index (χ0) is 25.5. The van der Waals surface area contributed by atoms with Crippen molar-refractivity contribution in [2.24, 2.45) is 5.92 Å². The van der Waals surface area contributed by atoms with Crippen molar-refractivity contribution >= 4 is 33.0 Å². The van der Waals surface area contributed by atoms with E-state index >= 15 is 0 Å². The van der Waals surface area contributed by atoms with Gasteiger partial charge in [0.15, 0.2) is 0 Å². The Labute approximate surface area is 212 Å². The number of carbonyl (C=O) groups excluding carboxylic acids is 2. The Hall–Kier alpha value is -2.50. The molecule has 3 fully saturated rings. The summed E-state index contributed by atoms with van der Waals surface area (Å²) >= 11 is 0. The third-order valence-electron chi connectivity index (χ3n) is 7.94. The van der Waals surface area contributed by atoms with Gasteiger partial charge in [0.1, 0.15) is 11.4 Å². The number of nitrogens with zero attached hydrogens (tertiary/aromatic N) is 4. The number of benzene rings is 1. The lowest BCUT2D eigenvalue weighted by Gasteiger charge is -2.36. The van der Waals surface area contributed by atoms with E-state index in [1.165, 1.54) is 9.21 Å². The molecule has 2 aliphatic heterocycles. The van der Waals surface area contributed by atoms with Crippen LogP contribution in [0.4, 0.5) is 4.79 Å². The van der Waals surface area contributed by atoms with E-state index in [9.17, 15) is 18.0 Å². The van der Waals surface area contributed by atoms with Crippen LogP contribution in [0.15, 0.2) is 23.1 Å². The molecule has 3 amide bonds. The Morgan fingerprint density at radius 1 is 1.19 bits per heavy atom. The zero-order valence-corrected chi connectivity index (χ0v) is 21.8. The van der Waals surface area contributed by atoms with Crippen molar-refractivity contribution in [2.75, 3.05) is 26.3 Å². The maximum Gasteiger partial charge on any atom is 0.325 e. The van der Waals surface area contributed by atoms with E-state index < -0.39 is 15.6 Å². The summed E-state index contributed by atoms with van der Waals surface area (Å²) in [6.07, 6.45) is 5.41. The number of ether oxygens (including phenoxy) is 1. The van der Waals surface area contributed by atoms with Crippen LogP contribution >= 0.6 is 0 Å². The number of morpholine rings is 1. The summed E-state index contributed by atoms with van der Waals surface area (Å²) in [5.41, 5.74) is 0.519. The first kappa shape index (κ1) is 25.2. The smallest absolute Gasteiger partial charge is 0.325 e. The highest BCUT2D eigenvalue weighted by atomic mass is 32.2. The maximum absolute atomic E-state index is 13.5. The van der Waals surface area contributed by atoms with E-state index in [2.05, 4.69) is 12.2 Å². The molecule has 2 atom stereocenters. The molecule has 1 aromatic carbocycles. The van der Waals surface area contributed by atoms with E-state index in [-0.39, 0.29) is 29.3 Å². The fourth-order valence-corrected chi connectivity index (χ4v) is 7.15. The van der Waals surface area contributed by atoms with Crippen LogP contribution in [-0.2, 0) is 32.6 Å². The Kier molecular flexibility index (Phi) is 6.82. The lowest BCUT2D eigenvalue weighted by atomic mass is 9.73. The minimum Gasteiger partial charge on any atom is -0.379 e. The summed E-state index contributed by atoms with van der Waals surface area (Å²) in [7, 11) is -3.66. The lowest BCUT2D eigenvalue weighted by molar-refractivity contribution is -0.134. The Bertz CT molecular complexity index is 1270. The normalized spacial score (nSPS) is 25.7. The minimum atomic E-state index is -3.66. The van der Waals surface area contributed by atoms with E-state index in [4.69, 9.17) is 9.72 Å². The monoisotopic (exact) mass is 517 g/mol. The topological polar surface area (TPSA) is 114 Å². The second kappa shape index (κ2) is 9.75. The van der Waals surface area contributed by atoms with Gasteiger partial charge in [-0.15, -0.1) is 0 Å². The molecule has 1 spiro atoms. The van der Waals surface area contributed by atoms with Crippen LogP contribution in [-0.4, -0.2) is 71.0 Å². The number of fused-ring (bicyclic) bond motifs is 1. The molecule has 0 radical (unpaired) electrons. The molecule has 1 aromatic heterocycles. The van der Waals surface area contributed by atoms with Crippen LogP contribution in [0.5, 0.6) is 0 Å². The van der Waals surface area contributed by atoms with Gasteiger partial charge in [-0.25, -0.2) is 18.2 Å². The predicted octanol–water partition coefficient (Wildman–Crippen LogP) is 2.86. The second-order valence-electron chi connectivity index (χ2n) is 10.1. The van der Waals surface area contributed by atoms with Gasteiger partial charge in [0, 0.05) is 19.6 Å². The molecule has 2 aromatic rings. The van der Waals surface area contributed by atoms with Crippen molar-refractivity contribution in [1.29, 1.82) is 0 Å². The summed E-state index contributed by atoms with van der Waals surface area (Å²) in [5, 5.41) is 3.01. The molecule has 11 heteroatoms. The van der Waals surface area contributed by atoms with E-state index in [0.29, 0.717) is 50.6 Å². The number of sulfonamides is 1. The van der Waals surface area contributed by atoms with Gasteiger partial charge in [0.05, 0.1) is 35.7 Å². The SMILES string of the molecule is CCCCn1c(CN2C(=O)N[C@]3(CCCC[C@@H]3C)C2=O)nc2cc(S(=O)(=O)N3CCOCC3)ccc21. The maximum atomic E-state index is 13.5. The molecule has 196 valence electrons. The molecule has 1 saturated carbocycles. The Balaban J connectivity index is 1.48. The number of urea groups is 1. The number of imide groups is 1. The largest absolute Gasteiger partial charge is 0.379 e. The Morgan fingerprint density at radius 3 is 2.69 bits per heavy atom. The number of hydrogen-bond acceptors (Lipinski definition) is 6. The highest BCUT2D eigenvalue weighted by Crippen LogP contribution is 2.38. The third kappa shape index (κ3) is 4.20. The fourth-order valence-electron chi connectivity index (χ4n) is 5.72. The summed E-state index contributed by atoms with van der Waals surface area (Å²) in [4.78, 5) is 32.7. The molecule has 1 aliphatic carbocycles. The summed E-state index contributed by atoms with van der Waals surface area (Å²) < 4.78 is 35.1. The molecule has 0 bridgehead atoms. The van der Waals surface area contributed by atoms with Crippen molar-refractivity contribution in [1.82, 2.24) is 24.1 Å². The van der Waals surface area contributed by atoms with Crippen molar-refractivity contribution in [3.8, 4) is 0 Å². The molecule has 5 rings (SSSR count). The minimum absolute atomic E-state index is 0.0586. The first-order valence-electron chi connectivity index (χ1n) is 13.0. The predicted molar refractivity (Wildman–Crippen MR) is 134 cm³/mol. The highest BCUT2D eigenvalue weighted by Gasteiger charge is 2.55. The lowest BCUT2D eigenvalue weighted by Crippen LogP contribution is -2.53. The molecule has 1 N–H and O–H groups in total. The van der Waals surface area contributed by atoms with Crippen LogP contribution in [0.3, 0.4) is 0 Å². The first-order chi connectivity index (χ1) is 17.3. The number of amides is 3. The van der Waals surface area contributed by atoms with Crippen molar-refractivity contribution < 1.29 is 22.7 Å². The van der Waals surface area contributed by atoms with Crippen molar-refractivity contribution in [3.05, 3.63) is 24.0 Å². The van der Waals surface area contributed by atoms with Crippen molar-refractivity contribution in [3.63, 3.8) is 0 Å². The van der Waals surface area contributed by atoms with Gasteiger partial charge in [0.25, 0.3) is 5.91 Å². The molecule has 2 saturated heterocycles. The second-order valence-corrected chi connectivity index (χ2v) is 12.1. The molecular formula is C25H35N5O5S. The van der Waals surface area contributed by atoms with Crippen LogP contribution in [0, 0.1) is 5.92 Å². The van der Waals surface area contributed by atoms with Crippen molar-refractivity contribution in [2.45, 2.75) is 75.9 Å². The van der Waals surface area contributed by atoms with Gasteiger partial charge in [-0.2, -0.15) is 4.31 Å². The number of aromatic nitrogens is 2. The molecule has 3 aliphatic rings. The zero-order valence-electron chi connectivity index (χ0n) is 21.0. The average molecular weight is 518 g/mol. The van der Waals surface area contributed by atoms with E-state index in [1.54, 1.807) is 18.2 Å². The van der Waals surface area contributed by atoms with Crippen LogP contribution < -0.4 is 5.32 Å². The number of aryl methyl sites for hydroxylation is 1. The summed E-state index contributed by atoms with van der Waals surface area (Å²) in [6, 6.07) is 4.63.